The minimum Gasteiger partial charge on any atom is -0.345 e. The fourth-order valence-electron chi connectivity index (χ4n) is 3.38. The highest BCUT2D eigenvalue weighted by Crippen LogP contribution is 2.32. The van der Waals surface area contributed by atoms with Gasteiger partial charge in [0.1, 0.15) is 11.9 Å². The molecule has 3 aromatic rings. The maximum Gasteiger partial charge on any atom is 0.236 e. The van der Waals surface area contributed by atoms with Crippen LogP contribution in [0.5, 0.6) is 0 Å². The summed E-state index contributed by atoms with van der Waals surface area (Å²) in [7, 11) is 0. The molecule has 1 atom stereocenters. The monoisotopic (exact) mass is 321 g/mol. The lowest BCUT2D eigenvalue weighted by Gasteiger charge is -2.32. The standard InChI is InChI=1S/C16H15N7O/c17-5-3-13(24)23-7-1-2-10(9-23)15-14-11-4-6-18-16(11)22-20-12(14)8-19-21-15/h4,6,8,10H,1-3,7,9H2,(H,18,22). The molecule has 1 saturated heterocycles. The van der Waals surface area contributed by atoms with Gasteiger partial charge in [0, 0.05) is 36.0 Å². The van der Waals surface area contributed by atoms with Crippen LogP contribution in [0.15, 0.2) is 18.5 Å². The number of amides is 1. The quantitative estimate of drug-likeness (QED) is 0.766. The van der Waals surface area contributed by atoms with Crippen molar-refractivity contribution >= 4 is 27.8 Å². The molecule has 24 heavy (non-hydrogen) atoms. The average Bonchev–Trinajstić information content (AvgIpc) is 3.10. The van der Waals surface area contributed by atoms with E-state index in [0.29, 0.717) is 24.3 Å². The van der Waals surface area contributed by atoms with Crippen LogP contribution in [0.3, 0.4) is 0 Å². The molecular formula is C16H15N7O. The fraction of sp³-hybridized carbons (Fsp3) is 0.375. The van der Waals surface area contributed by atoms with Crippen molar-refractivity contribution < 1.29 is 4.79 Å². The second-order valence-corrected chi connectivity index (χ2v) is 5.94. The number of carbonyl (C=O) groups excluding carboxylic acids is 1. The van der Waals surface area contributed by atoms with Gasteiger partial charge in [-0.15, -0.1) is 10.2 Å². The molecule has 1 amide bonds. The van der Waals surface area contributed by atoms with Gasteiger partial charge in [-0.2, -0.15) is 15.5 Å². The Morgan fingerprint density at radius 2 is 2.33 bits per heavy atom. The molecule has 0 radical (unpaired) electrons. The molecule has 1 fully saturated rings. The molecule has 0 spiro atoms. The number of piperidine rings is 1. The summed E-state index contributed by atoms with van der Waals surface area (Å²) in [5.41, 5.74) is 2.26. The summed E-state index contributed by atoms with van der Waals surface area (Å²) in [6.07, 6.45) is 5.17. The van der Waals surface area contributed by atoms with Crippen LogP contribution in [0.25, 0.3) is 21.9 Å². The molecule has 120 valence electrons. The predicted molar refractivity (Wildman–Crippen MR) is 85.8 cm³/mol. The van der Waals surface area contributed by atoms with Crippen molar-refractivity contribution in [3.8, 4) is 6.07 Å². The van der Waals surface area contributed by atoms with Gasteiger partial charge in [0.25, 0.3) is 0 Å². The number of aromatic amines is 1. The number of likely N-dealkylation sites (tertiary alicyclic amines) is 1. The normalized spacial score (nSPS) is 18.0. The Balaban J connectivity index is 1.77. The zero-order valence-corrected chi connectivity index (χ0v) is 12.9. The summed E-state index contributed by atoms with van der Waals surface area (Å²) in [6, 6.07) is 3.89. The van der Waals surface area contributed by atoms with Crippen molar-refractivity contribution in [3.05, 3.63) is 24.2 Å². The van der Waals surface area contributed by atoms with Gasteiger partial charge in [-0.05, 0) is 18.9 Å². The lowest BCUT2D eigenvalue weighted by Crippen LogP contribution is -2.39. The van der Waals surface area contributed by atoms with Crippen molar-refractivity contribution in [2.75, 3.05) is 13.1 Å². The van der Waals surface area contributed by atoms with Gasteiger partial charge in [-0.25, -0.2) is 0 Å². The molecule has 3 aromatic heterocycles. The number of aromatic nitrogens is 5. The SMILES string of the molecule is N#CCC(=O)N1CCCC(c2nncc3nnc4[nH]ccc4c23)C1. The third-order valence-electron chi connectivity index (χ3n) is 4.50. The second-order valence-electron chi connectivity index (χ2n) is 5.94. The van der Waals surface area contributed by atoms with Crippen LogP contribution in [0.2, 0.25) is 0 Å². The first kappa shape index (κ1) is 14.5. The molecule has 8 nitrogen and oxygen atoms in total. The van der Waals surface area contributed by atoms with Crippen LogP contribution < -0.4 is 0 Å². The van der Waals surface area contributed by atoms with E-state index in [1.54, 1.807) is 11.1 Å². The second kappa shape index (κ2) is 5.85. The van der Waals surface area contributed by atoms with Gasteiger partial charge in [-0.3, -0.25) is 4.79 Å². The summed E-state index contributed by atoms with van der Waals surface area (Å²) >= 11 is 0. The van der Waals surface area contributed by atoms with E-state index >= 15 is 0 Å². The Kier molecular flexibility index (Phi) is 3.54. The number of hydrogen-bond acceptors (Lipinski definition) is 6. The van der Waals surface area contributed by atoms with Crippen molar-refractivity contribution in [1.82, 2.24) is 30.3 Å². The summed E-state index contributed by atoms with van der Waals surface area (Å²) in [5, 5.41) is 27.4. The number of nitriles is 1. The number of rotatable bonds is 2. The molecule has 1 aliphatic heterocycles. The van der Waals surface area contributed by atoms with E-state index in [1.165, 1.54) is 0 Å². The van der Waals surface area contributed by atoms with Gasteiger partial charge < -0.3 is 9.88 Å². The molecule has 8 heteroatoms. The highest BCUT2D eigenvalue weighted by molar-refractivity contribution is 6.03. The van der Waals surface area contributed by atoms with Crippen LogP contribution in [0, 0.1) is 11.3 Å². The van der Waals surface area contributed by atoms with Gasteiger partial charge in [0.15, 0.2) is 5.65 Å². The molecular weight excluding hydrogens is 306 g/mol. The number of hydrogen-bond donors (Lipinski definition) is 1. The summed E-state index contributed by atoms with van der Waals surface area (Å²) in [6.45, 7) is 1.25. The Bertz CT molecular complexity index is 958. The van der Waals surface area contributed by atoms with E-state index in [9.17, 15) is 4.79 Å². The molecule has 0 saturated carbocycles. The lowest BCUT2D eigenvalue weighted by molar-refractivity contribution is -0.131. The number of carbonyl (C=O) groups is 1. The predicted octanol–water partition coefficient (Wildman–Crippen LogP) is 1.52. The third kappa shape index (κ3) is 2.34. The van der Waals surface area contributed by atoms with E-state index in [0.717, 1.165) is 29.3 Å². The number of nitrogens with zero attached hydrogens (tertiary/aromatic N) is 6. The first-order valence-electron chi connectivity index (χ1n) is 7.87. The summed E-state index contributed by atoms with van der Waals surface area (Å²) < 4.78 is 0. The van der Waals surface area contributed by atoms with Gasteiger partial charge in [0.2, 0.25) is 5.91 Å². The van der Waals surface area contributed by atoms with Crippen LogP contribution in [-0.2, 0) is 4.79 Å². The van der Waals surface area contributed by atoms with E-state index < -0.39 is 0 Å². The topological polar surface area (TPSA) is 111 Å². The van der Waals surface area contributed by atoms with Crippen molar-refractivity contribution in [3.63, 3.8) is 0 Å². The first-order valence-corrected chi connectivity index (χ1v) is 7.87. The zero-order chi connectivity index (χ0) is 16.5. The highest BCUT2D eigenvalue weighted by atomic mass is 16.2. The van der Waals surface area contributed by atoms with E-state index in [1.807, 2.05) is 18.3 Å². The van der Waals surface area contributed by atoms with Crippen molar-refractivity contribution in [2.24, 2.45) is 0 Å². The van der Waals surface area contributed by atoms with E-state index in [-0.39, 0.29) is 18.2 Å². The Morgan fingerprint density at radius 3 is 3.21 bits per heavy atom. The first-order chi connectivity index (χ1) is 11.8. The Labute approximate surface area is 137 Å². The highest BCUT2D eigenvalue weighted by Gasteiger charge is 2.27. The maximum atomic E-state index is 12.0. The summed E-state index contributed by atoms with van der Waals surface area (Å²) in [4.78, 5) is 16.9. The summed E-state index contributed by atoms with van der Waals surface area (Å²) in [5.74, 6) is -0.0399. The Morgan fingerprint density at radius 1 is 1.42 bits per heavy atom. The molecule has 1 aliphatic rings. The van der Waals surface area contributed by atoms with Crippen molar-refractivity contribution in [2.45, 2.75) is 25.2 Å². The fourth-order valence-corrected chi connectivity index (χ4v) is 3.38. The van der Waals surface area contributed by atoms with E-state index in [2.05, 4.69) is 25.4 Å². The van der Waals surface area contributed by atoms with Gasteiger partial charge in [-0.1, -0.05) is 0 Å². The van der Waals surface area contributed by atoms with Crippen LogP contribution >= 0.6 is 0 Å². The van der Waals surface area contributed by atoms with E-state index in [4.69, 9.17) is 5.26 Å². The van der Waals surface area contributed by atoms with Crippen molar-refractivity contribution in [1.29, 1.82) is 5.26 Å². The third-order valence-corrected chi connectivity index (χ3v) is 4.50. The number of fused-ring (bicyclic) bond motifs is 3. The molecule has 0 aliphatic carbocycles. The molecule has 0 bridgehead atoms. The average molecular weight is 321 g/mol. The smallest absolute Gasteiger partial charge is 0.236 e. The molecule has 1 unspecified atom stereocenters. The zero-order valence-electron chi connectivity index (χ0n) is 12.9. The van der Waals surface area contributed by atoms with Gasteiger partial charge >= 0.3 is 0 Å². The lowest BCUT2D eigenvalue weighted by atomic mass is 9.91. The van der Waals surface area contributed by atoms with Crippen LogP contribution in [0.4, 0.5) is 0 Å². The molecule has 4 heterocycles. The number of nitrogens with one attached hydrogen (secondary N) is 1. The molecule has 1 N–H and O–H groups in total. The van der Waals surface area contributed by atoms with Crippen LogP contribution in [-0.4, -0.2) is 49.3 Å². The Hall–Kier alpha value is -3.08. The number of H-pyrrole nitrogens is 1. The minimum atomic E-state index is -0.123. The minimum absolute atomic E-state index is 0.0819. The van der Waals surface area contributed by atoms with Gasteiger partial charge in [0.05, 0.1) is 18.0 Å². The molecule has 0 aromatic carbocycles. The molecule has 4 rings (SSSR count). The van der Waals surface area contributed by atoms with Crippen LogP contribution in [0.1, 0.15) is 30.9 Å². The maximum absolute atomic E-state index is 12.0. The largest absolute Gasteiger partial charge is 0.345 e.